The highest BCUT2D eigenvalue weighted by atomic mass is 32.1. The monoisotopic (exact) mass is 329 g/mol. The molecule has 1 aromatic carbocycles. The van der Waals surface area contributed by atoms with E-state index in [0.29, 0.717) is 6.04 Å². The van der Waals surface area contributed by atoms with Crippen molar-refractivity contribution in [2.45, 2.75) is 64.2 Å². The molecule has 0 amide bonds. The predicted molar refractivity (Wildman–Crippen MR) is 98.7 cm³/mol. The van der Waals surface area contributed by atoms with Crippen LogP contribution in [0.3, 0.4) is 0 Å². The Morgan fingerprint density at radius 3 is 2.43 bits per heavy atom. The van der Waals surface area contributed by atoms with Crippen molar-refractivity contribution in [1.29, 1.82) is 0 Å². The maximum Gasteiger partial charge on any atom is 0.107 e. The second-order valence-electron chi connectivity index (χ2n) is 7.87. The van der Waals surface area contributed by atoms with E-state index < -0.39 is 0 Å². The molecule has 2 N–H and O–H groups in total. The summed E-state index contributed by atoms with van der Waals surface area (Å²) in [5.74, 6) is 0. The van der Waals surface area contributed by atoms with Gasteiger partial charge in [-0.2, -0.15) is 0 Å². The highest BCUT2D eigenvalue weighted by Crippen LogP contribution is 2.29. The Hall–Kier alpha value is -1.23. The molecule has 0 bridgehead atoms. The number of rotatable bonds is 4. The first-order chi connectivity index (χ1) is 10.8. The van der Waals surface area contributed by atoms with Gasteiger partial charge in [-0.05, 0) is 40.5 Å². The molecule has 2 heterocycles. The summed E-state index contributed by atoms with van der Waals surface area (Å²) in [5, 5.41) is 10.8. The molecule has 1 aliphatic rings. The molecule has 0 unspecified atom stereocenters. The van der Waals surface area contributed by atoms with E-state index in [9.17, 15) is 0 Å². The lowest BCUT2D eigenvalue weighted by Gasteiger charge is -2.46. The van der Waals surface area contributed by atoms with Gasteiger partial charge in [0.1, 0.15) is 5.01 Å². The quantitative estimate of drug-likeness (QED) is 0.882. The van der Waals surface area contributed by atoms with Crippen molar-refractivity contribution < 1.29 is 0 Å². The number of nitrogens with zero attached hydrogens (tertiary/aromatic N) is 1. The smallest absolute Gasteiger partial charge is 0.107 e. The molecular formula is C19H27N3S. The summed E-state index contributed by atoms with van der Waals surface area (Å²) in [6.07, 6.45) is 2.29. The molecule has 1 saturated heterocycles. The summed E-state index contributed by atoms with van der Waals surface area (Å²) in [6, 6.07) is 10.9. The van der Waals surface area contributed by atoms with Crippen molar-refractivity contribution >= 4 is 11.3 Å². The number of thiazole rings is 1. The third-order valence-corrected chi connectivity index (χ3v) is 5.20. The van der Waals surface area contributed by atoms with Crippen molar-refractivity contribution in [3.05, 3.63) is 40.7 Å². The van der Waals surface area contributed by atoms with Gasteiger partial charge in [-0.15, -0.1) is 11.3 Å². The van der Waals surface area contributed by atoms with Crippen LogP contribution in [0.5, 0.6) is 0 Å². The Morgan fingerprint density at radius 1 is 1.13 bits per heavy atom. The van der Waals surface area contributed by atoms with Crippen LogP contribution >= 0.6 is 11.3 Å². The average molecular weight is 330 g/mol. The molecule has 3 nitrogen and oxygen atoms in total. The van der Waals surface area contributed by atoms with E-state index in [0.717, 1.165) is 30.1 Å². The van der Waals surface area contributed by atoms with Crippen LogP contribution in [0.4, 0.5) is 0 Å². The number of nitrogens with one attached hydrogen (secondary N) is 2. The summed E-state index contributed by atoms with van der Waals surface area (Å²) < 4.78 is 0. The van der Waals surface area contributed by atoms with Crippen LogP contribution < -0.4 is 10.6 Å². The van der Waals surface area contributed by atoms with Crippen LogP contribution in [0.1, 0.15) is 45.5 Å². The zero-order valence-electron chi connectivity index (χ0n) is 14.5. The molecule has 0 saturated carbocycles. The zero-order valence-corrected chi connectivity index (χ0v) is 15.3. The summed E-state index contributed by atoms with van der Waals surface area (Å²) in [6.45, 7) is 10.0. The number of hydrogen-bond donors (Lipinski definition) is 2. The van der Waals surface area contributed by atoms with Crippen LogP contribution in [-0.4, -0.2) is 22.1 Å². The highest BCUT2D eigenvalue weighted by molar-refractivity contribution is 7.09. The third kappa shape index (κ3) is 4.40. The van der Waals surface area contributed by atoms with E-state index in [2.05, 4.69) is 68.0 Å². The minimum Gasteiger partial charge on any atom is -0.308 e. The minimum atomic E-state index is 0.178. The van der Waals surface area contributed by atoms with Crippen LogP contribution in [0.15, 0.2) is 35.7 Å². The standard InChI is InChI=1S/C19H27N3S/c1-18(2)10-15(11-19(3,4)22-18)20-12-17-21-16(13-23-17)14-8-6-5-7-9-14/h5-9,13,15,20,22H,10-12H2,1-4H3. The molecule has 0 atom stereocenters. The molecule has 2 aromatic rings. The van der Waals surface area contributed by atoms with Crippen LogP contribution in [0.2, 0.25) is 0 Å². The molecule has 1 fully saturated rings. The van der Waals surface area contributed by atoms with E-state index in [1.54, 1.807) is 11.3 Å². The predicted octanol–water partition coefficient (Wildman–Crippen LogP) is 4.21. The van der Waals surface area contributed by atoms with Crippen LogP contribution in [0, 0.1) is 0 Å². The van der Waals surface area contributed by atoms with E-state index >= 15 is 0 Å². The van der Waals surface area contributed by atoms with E-state index in [-0.39, 0.29) is 11.1 Å². The Labute approximate surface area is 143 Å². The summed E-state index contributed by atoms with van der Waals surface area (Å²) in [5.41, 5.74) is 2.63. The van der Waals surface area contributed by atoms with Crippen LogP contribution in [-0.2, 0) is 6.54 Å². The molecule has 1 aliphatic heterocycles. The lowest BCUT2D eigenvalue weighted by atomic mass is 9.79. The fourth-order valence-electron chi connectivity index (χ4n) is 3.83. The second kappa shape index (κ2) is 6.34. The Balaban J connectivity index is 1.62. The summed E-state index contributed by atoms with van der Waals surface area (Å²) in [4.78, 5) is 4.78. The zero-order chi connectivity index (χ0) is 16.5. The van der Waals surface area contributed by atoms with Crippen molar-refractivity contribution in [3.8, 4) is 11.3 Å². The number of hydrogen-bond acceptors (Lipinski definition) is 4. The fraction of sp³-hybridized carbons (Fsp3) is 0.526. The van der Waals surface area contributed by atoms with E-state index in [1.807, 2.05) is 6.07 Å². The van der Waals surface area contributed by atoms with Gasteiger partial charge in [0.2, 0.25) is 0 Å². The Morgan fingerprint density at radius 2 is 1.78 bits per heavy atom. The molecule has 4 heteroatoms. The maximum atomic E-state index is 4.78. The first-order valence-electron chi connectivity index (χ1n) is 8.36. The number of benzene rings is 1. The van der Waals surface area contributed by atoms with E-state index in [4.69, 9.17) is 4.98 Å². The van der Waals surface area contributed by atoms with Gasteiger partial charge in [0, 0.05) is 34.6 Å². The molecule has 3 rings (SSSR count). The van der Waals surface area contributed by atoms with Crippen molar-refractivity contribution in [2.75, 3.05) is 0 Å². The normalized spacial score (nSPS) is 20.5. The van der Waals surface area contributed by atoms with Gasteiger partial charge in [0.25, 0.3) is 0 Å². The van der Waals surface area contributed by atoms with Gasteiger partial charge in [0.05, 0.1) is 5.69 Å². The van der Waals surface area contributed by atoms with Crippen molar-refractivity contribution in [1.82, 2.24) is 15.6 Å². The van der Waals surface area contributed by atoms with Crippen LogP contribution in [0.25, 0.3) is 11.3 Å². The average Bonchev–Trinajstić information content (AvgIpc) is 2.92. The minimum absolute atomic E-state index is 0.178. The molecular weight excluding hydrogens is 302 g/mol. The van der Waals surface area contributed by atoms with Gasteiger partial charge < -0.3 is 10.6 Å². The number of piperidine rings is 1. The van der Waals surface area contributed by atoms with Gasteiger partial charge in [-0.3, -0.25) is 0 Å². The number of aromatic nitrogens is 1. The molecule has 0 aliphatic carbocycles. The van der Waals surface area contributed by atoms with Crippen molar-refractivity contribution in [2.24, 2.45) is 0 Å². The third-order valence-electron chi connectivity index (χ3n) is 4.35. The maximum absolute atomic E-state index is 4.78. The topological polar surface area (TPSA) is 37.0 Å². The van der Waals surface area contributed by atoms with Gasteiger partial charge in [-0.25, -0.2) is 4.98 Å². The summed E-state index contributed by atoms with van der Waals surface area (Å²) >= 11 is 1.74. The SMILES string of the molecule is CC1(C)CC(NCc2nc(-c3ccccc3)cs2)CC(C)(C)N1. The van der Waals surface area contributed by atoms with Gasteiger partial charge in [-0.1, -0.05) is 30.3 Å². The Bertz CT molecular complexity index is 630. The van der Waals surface area contributed by atoms with E-state index in [1.165, 1.54) is 5.56 Å². The molecule has 1 aromatic heterocycles. The Kier molecular flexibility index (Phi) is 4.59. The lowest BCUT2D eigenvalue weighted by Crippen LogP contribution is -2.61. The highest BCUT2D eigenvalue weighted by Gasteiger charge is 2.37. The lowest BCUT2D eigenvalue weighted by molar-refractivity contribution is 0.145. The first kappa shape index (κ1) is 16.6. The van der Waals surface area contributed by atoms with Gasteiger partial charge >= 0.3 is 0 Å². The first-order valence-corrected chi connectivity index (χ1v) is 9.24. The molecule has 0 radical (unpaired) electrons. The fourth-order valence-corrected chi connectivity index (χ4v) is 4.59. The molecule has 124 valence electrons. The second-order valence-corrected chi connectivity index (χ2v) is 8.81. The molecule has 23 heavy (non-hydrogen) atoms. The van der Waals surface area contributed by atoms with Gasteiger partial charge in [0.15, 0.2) is 0 Å². The molecule has 0 spiro atoms. The van der Waals surface area contributed by atoms with Crippen molar-refractivity contribution in [3.63, 3.8) is 0 Å². The summed E-state index contributed by atoms with van der Waals surface area (Å²) in [7, 11) is 0. The largest absolute Gasteiger partial charge is 0.308 e.